The topological polar surface area (TPSA) is 95.0 Å². The quantitative estimate of drug-likeness (QED) is 0.535. The van der Waals surface area contributed by atoms with Crippen LogP contribution in [-0.4, -0.2) is 31.7 Å². The molecule has 0 radical (unpaired) electrons. The third kappa shape index (κ3) is 3.89. The van der Waals surface area contributed by atoms with Gasteiger partial charge >= 0.3 is 0 Å². The fourth-order valence-corrected chi connectivity index (χ4v) is 2.69. The van der Waals surface area contributed by atoms with E-state index in [1.807, 2.05) is 43.8 Å². The van der Waals surface area contributed by atoms with Crippen molar-refractivity contribution in [1.82, 2.24) is 19.7 Å². The number of benzene rings is 1. The predicted molar refractivity (Wildman–Crippen MR) is 102 cm³/mol. The molecule has 3 rings (SSSR count). The van der Waals surface area contributed by atoms with Gasteiger partial charge in [0.2, 0.25) is 0 Å². The van der Waals surface area contributed by atoms with Gasteiger partial charge in [0.05, 0.1) is 16.3 Å². The van der Waals surface area contributed by atoms with Crippen LogP contribution in [0.1, 0.15) is 24.3 Å². The van der Waals surface area contributed by atoms with Gasteiger partial charge in [0.15, 0.2) is 0 Å². The molecule has 1 N–H and O–H groups in total. The maximum absolute atomic E-state index is 12.7. The van der Waals surface area contributed by atoms with Crippen LogP contribution in [-0.2, 0) is 7.05 Å². The summed E-state index contributed by atoms with van der Waals surface area (Å²) < 4.78 is 3.43. The SMILES string of the molecule is CC(C)CNC(=O)c1cc(-c2cccn2C)nn1-c1ccc([N+](=O)[O-])cc1. The minimum absolute atomic E-state index is 0.0145. The monoisotopic (exact) mass is 367 g/mol. The van der Waals surface area contributed by atoms with Crippen molar-refractivity contribution in [3.8, 4) is 17.1 Å². The first-order valence-electron chi connectivity index (χ1n) is 8.61. The summed E-state index contributed by atoms with van der Waals surface area (Å²) in [7, 11) is 1.90. The van der Waals surface area contributed by atoms with E-state index in [0.29, 0.717) is 29.5 Å². The molecule has 3 aromatic rings. The number of aromatic nitrogens is 3. The molecule has 1 amide bonds. The Bertz CT molecular complexity index is 970. The van der Waals surface area contributed by atoms with E-state index in [1.54, 1.807) is 18.2 Å². The standard InChI is InChI=1S/C19H21N5O3/c1-13(2)12-20-19(25)18-11-16(17-5-4-10-22(17)3)21-23(18)14-6-8-15(9-7-14)24(26)27/h4-11,13H,12H2,1-3H3,(H,20,25). The zero-order valence-corrected chi connectivity index (χ0v) is 15.4. The average Bonchev–Trinajstić information content (AvgIpc) is 3.25. The second kappa shape index (κ2) is 7.45. The number of aryl methyl sites for hydroxylation is 1. The maximum atomic E-state index is 12.7. The van der Waals surface area contributed by atoms with Crippen molar-refractivity contribution in [2.75, 3.05) is 6.54 Å². The number of nitrogens with one attached hydrogen (secondary N) is 1. The number of nitro groups is 1. The van der Waals surface area contributed by atoms with Crippen LogP contribution in [0.3, 0.4) is 0 Å². The van der Waals surface area contributed by atoms with E-state index in [2.05, 4.69) is 10.4 Å². The number of nitro benzene ring substituents is 1. The second-order valence-electron chi connectivity index (χ2n) is 6.71. The van der Waals surface area contributed by atoms with E-state index in [1.165, 1.54) is 16.8 Å². The van der Waals surface area contributed by atoms with Crippen LogP contribution in [0.2, 0.25) is 0 Å². The summed E-state index contributed by atoms with van der Waals surface area (Å²) in [4.78, 5) is 23.1. The summed E-state index contributed by atoms with van der Waals surface area (Å²) in [6.45, 7) is 4.58. The number of amides is 1. The van der Waals surface area contributed by atoms with Crippen molar-refractivity contribution in [2.24, 2.45) is 13.0 Å². The first-order chi connectivity index (χ1) is 12.9. The van der Waals surface area contributed by atoms with E-state index in [0.717, 1.165) is 5.69 Å². The summed E-state index contributed by atoms with van der Waals surface area (Å²) in [5, 5.41) is 18.4. The Morgan fingerprint density at radius 2 is 1.96 bits per heavy atom. The van der Waals surface area contributed by atoms with Gasteiger partial charge in [-0.1, -0.05) is 13.8 Å². The smallest absolute Gasteiger partial charge is 0.270 e. The Hall–Kier alpha value is -3.42. The molecule has 2 heterocycles. The van der Waals surface area contributed by atoms with E-state index >= 15 is 0 Å². The predicted octanol–water partition coefficient (Wildman–Crippen LogP) is 3.17. The first kappa shape index (κ1) is 18.4. The van der Waals surface area contributed by atoms with Gasteiger partial charge in [0.1, 0.15) is 11.4 Å². The molecule has 8 heteroatoms. The van der Waals surface area contributed by atoms with Crippen molar-refractivity contribution in [2.45, 2.75) is 13.8 Å². The van der Waals surface area contributed by atoms with Crippen LogP contribution >= 0.6 is 0 Å². The molecule has 140 valence electrons. The molecule has 0 fully saturated rings. The summed E-state index contributed by atoms with van der Waals surface area (Å²) in [5.74, 6) is 0.0760. The van der Waals surface area contributed by atoms with Gasteiger partial charge in [0, 0.05) is 31.9 Å². The molecule has 0 unspecified atom stereocenters. The van der Waals surface area contributed by atoms with Crippen molar-refractivity contribution < 1.29 is 9.72 Å². The Morgan fingerprint density at radius 1 is 1.26 bits per heavy atom. The lowest BCUT2D eigenvalue weighted by atomic mass is 10.2. The minimum Gasteiger partial charge on any atom is -0.350 e. The minimum atomic E-state index is -0.460. The summed E-state index contributed by atoms with van der Waals surface area (Å²) in [5.41, 5.74) is 2.46. The number of rotatable bonds is 6. The Balaban J connectivity index is 2.04. The van der Waals surface area contributed by atoms with Crippen molar-refractivity contribution in [3.05, 3.63) is 64.5 Å². The van der Waals surface area contributed by atoms with Gasteiger partial charge in [-0.2, -0.15) is 5.10 Å². The number of hydrogen-bond donors (Lipinski definition) is 1. The van der Waals surface area contributed by atoms with E-state index in [-0.39, 0.29) is 11.6 Å². The molecule has 0 spiro atoms. The lowest BCUT2D eigenvalue weighted by molar-refractivity contribution is -0.384. The van der Waals surface area contributed by atoms with Crippen LogP contribution in [0.15, 0.2) is 48.7 Å². The Labute approximate surface area is 156 Å². The molecule has 0 aliphatic rings. The van der Waals surface area contributed by atoms with Crippen LogP contribution < -0.4 is 5.32 Å². The van der Waals surface area contributed by atoms with Gasteiger partial charge in [-0.25, -0.2) is 4.68 Å². The second-order valence-corrected chi connectivity index (χ2v) is 6.71. The van der Waals surface area contributed by atoms with Gasteiger partial charge in [-0.05, 0) is 36.2 Å². The summed E-state index contributed by atoms with van der Waals surface area (Å²) >= 11 is 0. The molecule has 8 nitrogen and oxygen atoms in total. The highest BCUT2D eigenvalue weighted by Gasteiger charge is 2.19. The van der Waals surface area contributed by atoms with E-state index in [4.69, 9.17) is 0 Å². The Kier molecular flexibility index (Phi) is 5.07. The molecule has 0 saturated carbocycles. The fourth-order valence-electron chi connectivity index (χ4n) is 2.69. The van der Waals surface area contributed by atoms with Gasteiger partial charge in [0.25, 0.3) is 11.6 Å². The van der Waals surface area contributed by atoms with Crippen molar-refractivity contribution in [1.29, 1.82) is 0 Å². The first-order valence-corrected chi connectivity index (χ1v) is 8.61. The zero-order chi connectivity index (χ0) is 19.6. The molecule has 0 aliphatic carbocycles. The van der Waals surface area contributed by atoms with Crippen molar-refractivity contribution in [3.63, 3.8) is 0 Å². The van der Waals surface area contributed by atoms with Crippen molar-refractivity contribution >= 4 is 11.6 Å². The third-order valence-corrected chi connectivity index (χ3v) is 4.12. The van der Waals surface area contributed by atoms with Gasteiger partial charge in [-0.3, -0.25) is 14.9 Å². The lowest BCUT2D eigenvalue weighted by Crippen LogP contribution is -2.29. The van der Waals surface area contributed by atoms with Gasteiger partial charge < -0.3 is 9.88 Å². The molecular formula is C19H21N5O3. The van der Waals surface area contributed by atoms with Gasteiger partial charge in [-0.15, -0.1) is 0 Å². The molecule has 0 saturated heterocycles. The Morgan fingerprint density at radius 3 is 2.52 bits per heavy atom. The molecule has 0 atom stereocenters. The maximum Gasteiger partial charge on any atom is 0.270 e. The highest BCUT2D eigenvalue weighted by atomic mass is 16.6. The molecule has 0 bridgehead atoms. The lowest BCUT2D eigenvalue weighted by Gasteiger charge is -2.09. The van der Waals surface area contributed by atoms with Crippen LogP contribution in [0.5, 0.6) is 0 Å². The summed E-state index contributed by atoms with van der Waals surface area (Å²) in [6.07, 6.45) is 1.90. The molecule has 27 heavy (non-hydrogen) atoms. The van der Waals surface area contributed by atoms with E-state index in [9.17, 15) is 14.9 Å². The highest BCUT2D eigenvalue weighted by Crippen LogP contribution is 2.23. The summed E-state index contributed by atoms with van der Waals surface area (Å²) in [6, 6.07) is 11.5. The molecule has 0 aliphatic heterocycles. The zero-order valence-electron chi connectivity index (χ0n) is 15.4. The largest absolute Gasteiger partial charge is 0.350 e. The number of hydrogen-bond acceptors (Lipinski definition) is 4. The van der Waals surface area contributed by atoms with Crippen LogP contribution in [0.4, 0.5) is 5.69 Å². The number of non-ortho nitro benzene ring substituents is 1. The molecular weight excluding hydrogens is 346 g/mol. The third-order valence-electron chi connectivity index (χ3n) is 4.12. The van der Waals surface area contributed by atoms with Crippen LogP contribution in [0.25, 0.3) is 17.1 Å². The number of nitrogens with zero attached hydrogens (tertiary/aromatic N) is 4. The van der Waals surface area contributed by atoms with E-state index < -0.39 is 4.92 Å². The van der Waals surface area contributed by atoms with Crippen LogP contribution in [0, 0.1) is 16.0 Å². The normalized spacial score (nSPS) is 11.0. The molecule has 2 aromatic heterocycles. The number of carbonyl (C=O) groups excluding carboxylic acids is 1. The highest BCUT2D eigenvalue weighted by molar-refractivity contribution is 5.94. The fraction of sp³-hybridized carbons (Fsp3) is 0.263. The number of carbonyl (C=O) groups is 1. The average molecular weight is 367 g/mol. The molecule has 1 aromatic carbocycles.